The highest BCUT2D eigenvalue weighted by atomic mass is 15.1. The molecule has 35 heavy (non-hydrogen) atoms. The molecule has 0 saturated carbocycles. The first-order chi connectivity index (χ1) is 16.9. The molecule has 3 nitrogen and oxygen atoms in total. The van der Waals surface area contributed by atoms with E-state index in [0.29, 0.717) is 6.04 Å². The van der Waals surface area contributed by atoms with E-state index < -0.39 is 0 Å². The van der Waals surface area contributed by atoms with E-state index in [0.717, 1.165) is 43.6 Å². The van der Waals surface area contributed by atoms with Crippen molar-refractivity contribution in [2.75, 3.05) is 6.54 Å². The zero-order valence-corrected chi connectivity index (χ0v) is 22.2. The second-order valence-electron chi connectivity index (χ2n) is 9.34. The van der Waals surface area contributed by atoms with Crippen molar-refractivity contribution in [1.82, 2.24) is 5.32 Å². The van der Waals surface area contributed by atoms with Gasteiger partial charge in [0, 0.05) is 6.04 Å². The van der Waals surface area contributed by atoms with Crippen LogP contribution in [0, 0.1) is 6.92 Å². The van der Waals surface area contributed by atoms with E-state index >= 15 is 0 Å². The summed E-state index contributed by atoms with van der Waals surface area (Å²) in [6.07, 6.45) is 21.5. The summed E-state index contributed by atoms with van der Waals surface area (Å²) >= 11 is 0. The van der Waals surface area contributed by atoms with Crippen LogP contribution >= 0.6 is 0 Å². The maximum absolute atomic E-state index is 4.20. The zero-order valence-electron chi connectivity index (χ0n) is 22.2. The summed E-state index contributed by atoms with van der Waals surface area (Å²) in [6, 6.07) is 8.38. The number of nitrogens with one attached hydrogen (secondary N) is 1. The van der Waals surface area contributed by atoms with Crippen molar-refractivity contribution in [3.05, 3.63) is 114 Å². The van der Waals surface area contributed by atoms with Gasteiger partial charge < -0.3 is 5.32 Å². The Morgan fingerprint density at radius 2 is 1.69 bits per heavy atom. The lowest BCUT2D eigenvalue weighted by Crippen LogP contribution is -2.31. The van der Waals surface area contributed by atoms with Gasteiger partial charge in [-0.05, 0) is 95.2 Å². The molecule has 0 unspecified atom stereocenters. The SMILES string of the molecule is C=C(C)C[C@@H](NCCC1=CCCC=C1CC)C(=C)C.Cc1ccc(N=NC2=CCC=CC=C2)cc1. The van der Waals surface area contributed by atoms with Crippen LogP contribution in [-0.2, 0) is 0 Å². The maximum atomic E-state index is 4.20. The van der Waals surface area contributed by atoms with E-state index in [1.807, 2.05) is 42.5 Å². The molecule has 3 heteroatoms. The summed E-state index contributed by atoms with van der Waals surface area (Å²) in [5.74, 6) is 0. The minimum atomic E-state index is 0.371. The fourth-order valence-corrected chi connectivity index (χ4v) is 3.93. The smallest absolute Gasteiger partial charge is 0.0857 e. The quantitative estimate of drug-likeness (QED) is 0.269. The Kier molecular flexibility index (Phi) is 12.7. The van der Waals surface area contributed by atoms with Gasteiger partial charge in [-0.15, -0.1) is 6.58 Å². The topological polar surface area (TPSA) is 36.8 Å². The fraction of sp³-hybridized carbons (Fsp3) is 0.375. The summed E-state index contributed by atoms with van der Waals surface area (Å²) in [5.41, 5.74) is 8.52. The predicted molar refractivity (Wildman–Crippen MR) is 153 cm³/mol. The van der Waals surface area contributed by atoms with Gasteiger partial charge in [0.2, 0.25) is 0 Å². The lowest BCUT2D eigenvalue weighted by molar-refractivity contribution is 0.566. The van der Waals surface area contributed by atoms with Crippen molar-refractivity contribution in [2.24, 2.45) is 10.2 Å². The third-order valence-corrected chi connectivity index (χ3v) is 5.97. The maximum Gasteiger partial charge on any atom is 0.0857 e. The standard InChI is InChI=1S/C18H29N.C14H14N2/c1-6-16-9-7-8-10-17(16)11-12-19-18(15(4)5)13-14(2)3;1-12-8-10-14(11-9-12)16-15-13-6-4-2-3-5-7-13/h9-10,18-19H,2,4,6-8,11-13H2,1,3,5H3;2-4,6-11H,5H2,1H3/t18-;/m1./s1. The van der Waals surface area contributed by atoms with Crippen molar-refractivity contribution in [3.8, 4) is 0 Å². The molecule has 0 spiro atoms. The van der Waals surface area contributed by atoms with Gasteiger partial charge in [0.15, 0.2) is 0 Å². The molecule has 0 fully saturated rings. The van der Waals surface area contributed by atoms with E-state index in [1.54, 1.807) is 5.57 Å². The Balaban J connectivity index is 0.000000250. The Hall–Kier alpha value is -3.04. The molecule has 1 atom stereocenters. The predicted octanol–water partition coefficient (Wildman–Crippen LogP) is 9.41. The van der Waals surface area contributed by atoms with Crippen LogP contribution in [0.2, 0.25) is 0 Å². The van der Waals surface area contributed by atoms with Gasteiger partial charge >= 0.3 is 0 Å². The Morgan fingerprint density at radius 3 is 2.34 bits per heavy atom. The molecule has 2 aliphatic carbocycles. The first-order valence-corrected chi connectivity index (χ1v) is 12.8. The van der Waals surface area contributed by atoms with E-state index in [4.69, 9.17) is 0 Å². The summed E-state index contributed by atoms with van der Waals surface area (Å²) in [7, 11) is 0. The lowest BCUT2D eigenvalue weighted by atomic mass is 9.93. The summed E-state index contributed by atoms with van der Waals surface area (Å²) in [5, 5.41) is 12.0. The molecule has 0 aromatic heterocycles. The second-order valence-corrected chi connectivity index (χ2v) is 9.34. The van der Waals surface area contributed by atoms with Crippen LogP contribution in [0.1, 0.15) is 64.9 Å². The minimum absolute atomic E-state index is 0.371. The van der Waals surface area contributed by atoms with Gasteiger partial charge in [-0.25, -0.2) is 0 Å². The van der Waals surface area contributed by atoms with Crippen LogP contribution < -0.4 is 5.32 Å². The Labute approximate surface area is 213 Å². The largest absolute Gasteiger partial charge is 0.310 e. The highest BCUT2D eigenvalue weighted by molar-refractivity contribution is 5.38. The van der Waals surface area contributed by atoms with Crippen LogP contribution in [-0.4, -0.2) is 12.6 Å². The van der Waals surface area contributed by atoms with Gasteiger partial charge in [-0.2, -0.15) is 10.2 Å². The van der Waals surface area contributed by atoms with Gasteiger partial charge in [0.25, 0.3) is 0 Å². The number of aryl methyl sites for hydroxylation is 1. The molecule has 1 aromatic carbocycles. The van der Waals surface area contributed by atoms with Crippen molar-refractivity contribution in [2.45, 2.75) is 72.3 Å². The van der Waals surface area contributed by atoms with Gasteiger partial charge in [-0.1, -0.05) is 78.8 Å². The lowest BCUT2D eigenvalue weighted by Gasteiger charge is -2.21. The van der Waals surface area contributed by atoms with E-state index in [1.165, 1.54) is 35.1 Å². The Bertz CT molecular complexity index is 1010. The van der Waals surface area contributed by atoms with Crippen molar-refractivity contribution in [3.63, 3.8) is 0 Å². The second kappa shape index (κ2) is 15.8. The molecule has 0 saturated heterocycles. The zero-order chi connectivity index (χ0) is 25.5. The number of allylic oxidation sites excluding steroid dienone is 8. The molecule has 0 heterocycles. The van der Waals surface area contributed by atoms with Crippen molar-refractivity contribution in [1.29, 1.82) is 0 Å². The minimum Gasteiger partial charge on any atom is -0.310 e. The first kappa shape index (κ1) is 28.2. The number of rotatable bonds is 10. The molecule has 0 bridgehead atoms. The van der Waals surface area contributed by atoms with Crippen molar-refractivity contribution >= 4 is 5.69 Å². The van der Waals surface area contributed by atoms with Crippen LogP contribution in [0.4, 0.5) is 5.69 Å². The number of hydrogen-bond acceptors (Lipinski definition) is 3. The Morgan fingerprint density at radius 1 is 0.971 bits per heavy atom. The number of azo groups is 1. The summed E-state index contributed by atoms with van der Waals surface area (Å²) < 4.78 is 0. The number of benzene rings is 1. The molecular formula is C32H43N3. The van der Waals surface area contributed by atoms with E-state index in [9.17, 15) is 0 Å². The van der Waals surface area contributed by atoms with Gasteiger partial charge in [0.05, 0.1) is 11.4 Å². The molecule has 0 amide bonds. The first-order valence-electron chi connectivity index (χ1n) is 12.8. The van der Waals surface area contributed by atoms with Gasteiger partial charge in [-0.3, -0.25) is 0 Å². The third-order valence-electron chi connectivity index (χ3n) is 5.97. The van der Waals surface area contributed by atoms with Crippen molar-refractivity contribution < 1.29 is 0 Å². The number of hydrogen-bond donors (Lipinski definition) is 1. The molecule has 0 aliphatic heterocycles. The van der Waals surface area contributed by atoms with E-state index in [2.05, 4.69) is 80.7 Å². The highest BCUT2D eigenvalue weighted by Gasteiger charge is 2.11. The molecule has 1 N–H and O–H groups in total. The molecule has 1 aromatic rings. The molecular weight excluding hydrogens is 426 g/mol. The van der Waals surface area contributed by atoms with Crippen LogP contribution in [0.25, 0.3) is 0 Å². The highest BCUT2D eigenvalue weighted by Crippen LogP contribution is 2.24. The fourth-order valence-electron chi connectivity index (χ4n) is 3.93. The van der Waals surface area contributed by atoms with E-state index in [-0.39, 0.29) is 0 Å². The normalized spacial score (nSPS) is 15.9. The third kappa shape index (κ3) is 11.3. The van der Waals surface area contributed by atoms with Gasteiger partial charge in [0.1, 0.15) is 0 Å². The monoisotopic (exact) mass is 469 g/mol. The molecule has 2 aliphatic rings. The number of nitrogens with zero attached hydrogens (tertiary/aromatic N) is 2. The molecule has 3 rings (SSSR count). The summed E-state index contributed by atoms with van der Waals surface area (Å²) in [6.45, 7) is 17.6. The molecule has 186 valence electrons. The molecule has 0 radical (unpaired) electrons. The van der Waals surface area contributed by atoms with Crippen LogP contribution in [0.3, 0.4) is 0 Å². The average Bonchev–Trinajstić information content (AvgIpc) is 3.12. The average molecular weight is 470 g/mol. The van der Waals surface area contributed by atoms with Crippen LogP contribution in [0.5, 0.6) is 0 Å². The van der Waals surface area contributed by atoms with Crippen LogP contribution in [0.15, 0.2) is 118 Å². The summed E-state index contributed by atoms with van der Waals surface area (Å²) in [4.78, 5) is 0.